The SMILES string of the molecule is C=C(C1CC2CC13C(C2C(C)(C)C)C3(C)C)C1([CH2+])CCC23CC2CC13. The summed E-state index contributed by atoms with van der Waals surface area (Å²) >= 11 is 0. The largest absolute Gasteiger partial charge is 0.130 e. The van der Waals surface area contributed by atoms with Gasteiger partial charge in [-0.25, -0.2) is 0 Å². The summed E-state index contributed by atoms with van der Waals surface area (Å²) < 4.78 is 0. The van der Waals surface area contributed by atoms with Gasteiger partial charge in [0.05, 0.1) is 6.92 Å². The van der Waals surface area contributed by atoms with Crippen molar-refractivity contribution in [3.05, 3.63) is 19.1 Å². The van der Waals surface area contributed by atoms with E-state index < -0.39 is 0 Å². The van der Waals surface area contributed by atoms with Gasteiger partial charge in [-0.15, -0.1) is 0 Å². The average Bonchev–Trinajstić information content (AvgIpc) is 2.98. The number of hydrogen-bond donors (Lipinski definition) is 0. The number of allylic oxidation sites excluding steroid dienone is 1. The maximum atomic E-state index is 4.92. The lowest BCUT2D eigenvalue weighted by molar-refractivity contribution is 0.102. The van der Waals surface area contributed by atoms with E-state index in [9.17, 15) is 0 Å². The van der Waals surface area contributed by atoms with Crippen molar-refractivity contribution >= 4 is 0 Å². The van der Waals surface area contributed by atoms with Gasteiger partial charge in [0.25, 0.3) is 0 Å². The molecule has 0 heterocycles. The zero-order chi connectivity index (χ0) is 17.8. The minimum atomic E-state index is 0.233. The molecule has 0 aromatic heterocycles. The second-order valence-corrected chi connectivity index (χ2v) is 13.0. The maximum absolute atomic E-state index is 4.92. The third-order valence-corrected chi connectivity index (χ3v) is 11.3. The van der Waals surface area contributed by atoms with Crippen LogP contribution < -0.4 is 0 Å². The molecule has 0 nitrogen and oxygen atoms in total. The van der Waals surface area contributed by atoms with Crippen molar-refractivity contribution < 1.29 is 0 Å². The second kappa shape index (κ2) is 3.77. The Morgan fingerprint density at radius 2 is 1.80 bits per heavy atom. The molecule has 0 saturated heterocycles. The van der Waals surface area contributed by atoms with Crippen LogP contribution in [-0.2, 0) is 0 Å². The summed E-state index contributed by atoms with van der Waals surface area (Å²) in [5.74, 6) is 5.58. The molecule has 9 atom stereocenters. The van der Waals surface area contributed by atoms with Crippen molar-refractivity contribution in [2.24, 2.45) is 62.6 Å². The van der Waals surface area contributed by atoms with Gasteiger partial charge in [-0.2, -0.15) is 0 Å². The highest BCUT2D eigenvalue weighted by Gasteiger charge is 2.86. The van der Waals surface area contributed by atoms with Crippen molar-refractivity contribution in [1.29, 1.82) is 0 Å². The highest BCUT2D eigenvalue weighted by atomic mass is 14.9. The van der Waals surface area contributed by atoms with Gasteiger partial charge in [-0.1, -0.05) is 41.2 Å². The van der Waals surface area contributed by atoms with Crippen molar-refractivity contribution in [1.82, 2.24) is 0 Å². The van der Waals surface area contributed by atoms with Gasteiger partial charge in [-0.3, -0.25) is 0 Å². The van der Waals surface area contributed by atoms with Crippen LogP contribution in [0.5, 0.6) is 0 Å². The van der Waals surface area contributed by atoms with Crippen LogP contribution in [0.4, 0.5) is 0 Å². The summed E-state index contributed by atoms with van der Waals surface area (Å²) in [6, 6.07) is 0. The van der Waals surface area contributed by atoms with Crippen molar-refractivity contribution in [2.45, 2.75) is 73.1 Å². The molecule has 0 aromatic carbocycles. The Kier molecular flexibility index (Phi) is 2.36. The Hall–Kier alpha value is -0.390. The molecule has 0 radical (unpaired) electrons. The molecule has 25 heavy (non-hydrogen) atoms. The molecule has 0 amide bonds. The van der Waals surface area contributed by atoms with Gasteiger partial charge in [0.15, 0.2) is 0 Å². The van der Waals surface area contributed by atoms with E-state index in [1.165, 1.54) is 38.5 Å². The third kappa shape index (κ3) is 1.37. The summed E-state index contributed by atoms with van der Waals surface area (Å²) in [6.45, 7) is 22.4. The Bertz CT molecular complexity index is 691. The zero-order valence-electron chi connectivity index (χ0n) is 17.1. The molecule has 6 rings (SSSR count). The van der Waals surface area contributed by atoms with Crippen LogP contribution in [0.3, 0.4) is 0 Å². The molecule has 2 bridgehead atoms. The molecule has 0 heteroatoms. The molecule has 136 valence electrons. The Labute approximate surface area is 155 Å². The van der Waals surface area contributed by atoms with E-state index in [1.54, 1.807) is 5.57 Å². The van der Waals surface area contributed by atoms with E-state index in [4.69, 9.17) is 13.5 Å². The number of fused-ring (bicyclic) bond motifs is 1. The molecule has 6 fully saturated rings. The predicted octanol–water partition coefficient (Wildman–Crippen LogP) is 6.53. The first kappa shape index (κ1) is 15.6. The van der Waals surface area contributed by atoms with E-state index in [0.717, 1.165) is 40.9 Å². The van der Waals surface area contributed by atoms with Gasteiger partial charge in [-0.05, 0) is 95.3 Å². The second-order valence-electron chi connectivity index (χ2n) is 13.0. The van der Waals surface area contributed by atoms with E-state index in [2.05, 4.69) is 34.6 Å². The van der Waals surface area contributed by atoms with Gasteiger partial charge in [0, 0.05) is 5.92 Å². The number of rotatable bonds is 2. The summed E-state index contributed by atoms with van der Waals surface area (Å²) in [4.78, 5) is 0. The Morgan fingerprint density at radius 3 is 2.36 bits per heavy atom. The summed E-state index contributed by atoms with van der Waals surface area (Å²) in [6.07, 6.45) is 8.74. The first-order valence-electron chi connectivity index (χ1n) is 11.0. The van der Waals surface area contributed by atoms with E-state index in [-0.39, 0.29) is 5.41 Å². The van der Waals surface area contributed by atoms with Crippen LogP contribution in [-0.4, -0.2) is 0 Å². The molecule has 2 spiro atoms. The minimum absolute atomic E-state index is 0.233. The molecular formula is C25H37+. The maximum Gasteiger partial charge on any atom is 0.130 e. The molecule has 6 saturated carbocycles. The summed E-state index contributed by atoms with van der Waals surface area (Å²) in [5.41, 5.74) is 4.18. The molecule has 9 unspecified atom stereocenters. The van der Waals surface area contributed by atoms with E-state index >= 15 is 0 Å². The van der Waals surface area contributed by atoms with Crippen LogP contribution in [0.15, 0.2) is 12.2 Å². The van der Waals surface area contributed by atoms with Gasteiger partial charge in [0.2, 0.25) is 0 Å². The fourth-order valence-corrected chi connectivity index (χ4v) is 10.3. The standard InChI is InChI=1S/C25H37/c1-14(23(7)8-9-24-13-16(24)11-18(23)24)17-10-15-12-25(17)20(22(25,5)6)19(15)21(2,3)4/h15-20H,1,7-13H2,2-6H3/q+1. The topological polar surface area (TPSA) is 0 Å². The molecule has 0 N–H and O–H groups in total. The van der Waals surface area contributed by atoms with Gasteiger partial charge >= 0.3 is 0 Å². The third-order valence-electron chi connectivity index (χ3n) is 11.3. The van der Waals surface area contributed by atoms with E-state index in [0.29, 0.717) is 16.2 Å². The smallest absolute Gasteiger partial charge is 0.0947 e. The lowest BCUT2D eigenvalue weighted by Crippen LogP contribution is -2.39. The van der Waals surface area contributed by atoms with Crippen LogP contribution in [0.25, 0.3) is 0 Å². The Morgan fingerprint density at radius 1 is 1.08 bits per heavy atom. The van der Waals surface area contributed by atoms with Crippen LogP contribution in [0.1, 0.15) is 73.1 Å². The number of hydrogen-bond acceptors (Lipinski definition) is 0. The van der Waals surface area contributed by atoms with Crippen molar-refractivity contribution in [3.63, 3.8) is 0 Å². The highest BCUT2D eigenvalue weighted by molar-refractivity contribution is 5.40. The molecule has 6 aliphatic carbocycles. The predicted molar refractivity (Wildman–Crippen MR) is 104 cm³/mol. The molecule has 0 aromatic rings. The quantitative estimate of drug-likeness (QED) is 0.397. The molecular weight excluding hydrogens is 300 g/mol. The van der Waals surface area contributed by atoms with Crippen molar-refractivity contribution in [2.75, 3.05) is 0 Å². The lowest BCUT2D eigenvalue weighted by Gasteiger charge is -2.42. The van der Waals surface area contributed by atoms with Gasteiger partial charge in [0.1, 0.15) is 5.41 Å². The van der Waals surface area contributed by atoms with E-state index in [1.807, 2.05) is 0 Å². The van der Waals surface area contributed by atoms with Gasteiger partial charge < -0.3 is 0 Å². The molecule has 0 aliphatic heterocycles. The fourth-order valence-electron chi connectivity index (χ4n) is 10.3. The zero-order valence-corrected chi connectivity index (χ0v) is 17.1. The first-order chi connectivity index (χ1) is 11.5. The monoisotopic (exact) mass is 337 g/mol. The normalized spacial score (nSPS) is 62.0. The summed E-state index contributed by atoms with van der Waals surface area (Å²) in [7, 11) is 0. The van der Waals surface area contributed by atoms with Crippen LogP contribution in [0, 0.1) is 69.5 Å². The van der Waals surface area contributed by atoms with Crippen LogP contribution >= 0.6 is 0 Å². The molecule has 6 aliphatic rings. The highest BCUT2D eigenvalue weighted by Crippen LogP contribution is 2.91. The fraction of sp³-hybridized carbons (Fsp3) is 0.880. The average molecular weight is 338 g/mol. The Balaban J connectivity index is 1.34. The minimum Gasteiger partial charge on any atom is -0.0947 e. The first-order valence-corrected chi connectivity index (χ1v) is 11.0. The van der Waals surface area contributed by atoms with Crippen LogP contribution in [0.2, 0.25) is 0 Å². The summed E-state index contributed by atoms with van der Waals surface area (Å²) in [5, 5.41) is 0. The van der Waals surface area contributed by atoms with Crippen molar-refractivity contribution in [3.8, 4) is 0 Å². The lowest BCUT2D eigenvalue weighted by atomic mass is 9.58.